The lowest BCUT2D eigenvalue weighted by atomic mass is 10.1. The van der Waals surface area contributed by atoms with Gasteiger partial charge in [0.15, 0.2) is 0 Å². The van der Waals surface area contributed by atoms with Crippen LogP contribution in [0.3, 0.4) is 0 Å². The number of halogens is 1. The van der Waals surface area contributed by atoms with Crippen molar-refractivity contribution in [3.05, 3.63) is 22.4 Å². The molecular weight excluding hydrogens is 262 g/mol. The van der Waals surface area contributed by atoms with Crippen LogP contribution < -0.4 is 0 Å². The smallest absolute Gasteiger partial charge is 0.233 e. The molecule has 1 amide bonds. The average Bonchev–Trinajstić information content (AvgIpc) is 2.85. The van der Waals surface area contributed by atoms with E-state index in [-0.39, 0.29) is 5.91 Å². The zero-order valence-electron chi connectivity index (χ0n) is 7.78. The normalized spacial score (nSPS) is 21.5. The quantitative estimate of drug-likeness (QED) is 0.759. The van der Waals surface area contributed by atoms with Crippen LogP contribution in [0.15, 0.2) is 16.8 Å². The number of likely N-dealkylation sites (tertiary alicyclic amines) is 1. The molecule has 2 heterocycles. The number of amides is 1. The minimum atomic E-state index is 0.207. The van der Waals surface area contributed by atoms with Gasteiger partial charge in [0.05, 0.1) is 11.4 Å². The van der Waals surface area contributed by atoms with E-state index < -0.39 is 0 Å². The summed E-state index contributed by atoms with van der Waals surface area (Å²) in [5, 5.41) is 4.66. The van der Waals surface area contributed by atoms with Gasteiger partial charge in [-0.25, -0.2) is 0 Å². The minimum Gasteiger partial charge on any atom is -0.335 e. The Morgan fingerprint density at radius 1 is 1.71 bits per heavy atom. The van der Waals surface area contributed by atoms with Gasteiger partial charge in [0, 0.05) is 6.54 Å². The molecule has 76 valence electrons. The highest BCUT2D eigenvalue weighted by molar-refractivity contribution is 9.09. The summed E-state index contributed by atoms with van der Waals surface area (Å²) in [7, 11) is 0. The van der Waals surface area contributed by atoms with Crippen molar-refractivity contribution in [1.82, 2.24) is 4.90 Å². The fraction of sp³-hybridized carbons (Fsp3) is 0.500. The van der Waals surface area contributed by atoms with E-state index in [9.17, 15) is 4.79 Å². The van der Waals surface area contributed by atoms with E-state index in [1.165, 1.54) is 5.56 Å². The Kier molecular flexibility index (Phi) is 3.23. The fourth-order valence-electron chi connectivity index (χ4n) is 1.95. The van der Waals surface area contributed by atoms with Crippen molar-refractivity contribution in [2.24, 2.45) is 0 Å². The molecule has 1 unspecified atom stereocenters. The van der Waals surface area contributed by atoms with Crippen LogP contribution in [-0.2, 0) is 4.79 Å². The zero-order chi connectivity index (χ0) is 9.97. The molecule has 4 heteroatoms. The molecule has 1 aromatic heterocycles. The van der Waals surface area contributed by atoms with Gasteiger partial charge in [-0.3, -0.25) is 4.79 Å². The molecule has 0 aliphatic carbocycles. The Balaban J connectivity index is 2.15. The highest BCUT2D eigenvalue weighted by Crippen LogP contribution is 2.33. The Bertz CT molecular complexity index is 312. The second-order valence-electron chi connectivity index (χ2n) is 3.44. The van der Waals surface area contributed by atoms with E-state index in [0.717, 1.165) is 19.4 Å². The molecule has 0 bridgehead atoms. The number of alkyl halides is 1. The number of carbonyl (C=O) groups excluding carboxylic acids is 1. The summed E-state index contributed by atoms with van der Waals surface area (Å²) in [6.45, 7) is 0.908. The van der Waals surface area contributed by atoms with Gasteiger partial charge in [-0.05, 0) is 35.2 Å². The molecule has 0 spiro atoms. The lowest BCUT2D eigenvalue weighted by Crippen LogP contribution is -2.31. The second kappa shape index (κ2) is 4.45. The predicted molar refractivity (Wildman–Crippen MR) is 61.8 cm³/mol. The Morgan fingerprint density at radius 2 is 2.57 bits per heavy atom. The van der Waals surface area contributed by atoms with Crippen LogP contribution in [0, 0.1) is 0 Å². The summed E-state index contributed by atoms with van der Waals surface area (Å²) < 4.78 is 0. The van der Waals surface area contributed by atoms with Gasteiger partial charge >= 0.3 is 0 Å². The lowest BCUT2D eigenvalue weighted by molar-refractivity contribution is -0.129. The van der Waals surface area contributed by atoms with Gasteiger partial charge in [0.2, 0.25) is 5.91 Å². The molecule has 1 saturated heterocycles. The van der Waals surface area contributed by atoms with E-state index in [1.807, 2.05) is 4.90 Å². The average molecular weight is 274 g/mol. The first kappa shape index (κ1) is 10.2. The molecule has 1 aliphatic rings. The summed E-state index contributed by atoms with van der Waals surface area (Å²) in [5.74, 6) is 0.207. The highest BCUT2D eigenvalue weighted by atomic mass is 79.9. The first-order valence-corrected chi connectivity index (χ1v) is 6.77. The molecule has 1 fully saturated rings. The lowest BCUT2D eigenvalue weighted by Gasteiger charge is -2.23. The van der Waals surface area contributed by atoms with Crippen molar-refractivity contribution in [3.63, 3.8) is 0 Å². The molecule has 14 heavy (non-hydrogen) atoms. The summed E-state index contributed by atoms with van der Waals surface area (Å²) in [4.78, 5) is 13.6. The van der Waals surface area contributed by atoms with Crippen molar-refractivity contribution in [2.45, 2.75) is 18.9 Å². The minimum absolute atomic E-state index is 0.207. The SMILES string of the molecule is O=C(CBr)N1CCCC1c1ccsc1. The third kappa shape index (κ3) is 1.86. The van der Waals surface area contributed by atoms with E-state index in [1.54, 1.807) is 11.3 Å². The van der Waals surface area contributed by atoms with Gasteiger partial charge < -0.3 is 4.90 Å². The molecule has 0 N–H and O–H groups in total. The van der Waals surface area contributed by atoms with Gasteiger partial charge in [-0.2, -0.15) is 11.3 Å². The number of hydrogen-bond donors (Lipinski definition) is 0. The van der Waals surface area contributed by atoms with Crippen LogP contribution >= 0.6 is 27.3 Å². The number of rotatable bonds is 2. The maximum atomic E-state index is 11.6. The predicted octanol–water partition coefficient (Wildman–Crippen LogP) is 2.81. The molecule has 1 aliphatic heterocycles. The number of nitrogens with zero attached hydrogens (tertiary/aromatic N) is 1. The van der Waals surface area contributed by atoms with Gasteiger partial charge in [0.1, 0.15) is 0 Å². The van der Waals surface area contributed by atoms with E-state index in [2.05, 4.69) is 32.8 Å². The Labute approximate surface area is 96.0 Å². The van der Waals surface area contributed by atoms with Crippen LogP contribution in [0.5, 0.6) is 0 Å². The maximum absolute atomic E-state index is 11.6. The Morgan fingerprint density at radius 3 is 3.21 bits per heavy atom. The van der Waals surface area contributed by atoms with Crippen molar-refractivity contribution >= 4 is 33.2 Å². The monoisotopic (exact) mass is 273 g/mol. The van der Waals surface area contributed by atoms with Crippen molar-refractivity contribution in [2.75, 3.05) is 11.9 Å². The summed E-state index contributed by atoms with van der Waals surface area (Å²) >= 11 is 4.93. The molecule has 0 radical (unpaired) electrons. The summed E-state index contributed by atoms with van der Waals surface area (Å²) in [6, 6.07) is 2.45. The molecule has 0 saturated carbocycles. The van der Waals surface area contributed by atoms with Gasteiger partial charge in [-0.1, -0.05) is 15.9 Å². The van der Waals surface area contributed by atoms with Crippen LogP contribution in [0.4, 0.5) is 0 Å². The van der Waals surface area contributed by atoms with Crippen molar-refractivity contribution in [3.8, 4) is 0 Å². The molecule has 2 nitrogen and oxygen atoms in total. The van der Waals surface area contributed by atoms with Gasteiger partial charge in [0.25, 0.3) is 0 Å². The summed E-state index contributed by atoms with van der Waals surface area (Å²) in [6.07, 6.45) is 2.23. The number of hydrogen-bond acceptors (Lipinski definition) is 2. The van der Waals surface area contributed by atoms with E-state index in [0.29, 0.717) is 11.4 Å². The van der Waals surface area contributed by atoms with Crippen LogP contribution in [-0.4, -0.2) is 22.7 Å². The van der Waals surface area contributed by atoms with Crippen LogP contribution in [0.25, 0.3) is 0 Å². The van der Waals surface area contributed by atoms with E-state index in [4.69, 9.17) is 0 Å². The molecule has 1 atom stereocenters. The van der Waals surface area contributed by atoms with Crippen molar-refractivity contribution < 1.29 is 4.79 Å². The first-order valence-electron chi connectivity index (χ1n) is 4.70. The number of carbonyl (C=O) groups is 1. The van der Waals surface area contributed by atoms with E-state index >= 15 is 0 Å². The Hall–Kier alpha value is -0.350. The fourth-order valence-corrected chi connectivity index (χ4v) is 2.98. The van der Waals surface area contributed by atoms with Gasteiger partial charge in [-0.15, -0.1) is 0 Å². The van der Waals surface area contributed by atoms with Crippen LogP contribution in [0.2, 0.25) is 0 Å². The van der Waals surface area contributed by atoms with Crippen LogP contribution in [0.1, 0.15) is 24.4 Å². The molecule has 2 rings (SSSR count). The standard InChI is InChI=1S/C10H12BrNOS/c11-6-10(13)12-4-1-2-9(12)8-3-5-14-7-8/h3,5,7,9H,1-2,4,6H2. The second-order valence-corrected chi connectivity index (χ2v) is 4.78. The highest BCUT2D eigenvalue weighted by Gasteiger charge is 2.29. The molecule has 1 aromatic rings. The third-order valence-electron chi connectivity index (χ3n) is 2.62. The zero-order valence-corrected chi connectivity index (χ0v) is 10.2. The topological polar surface area (TPSA) is 20.3 Å². The van der Waals surface area contributed by atoms with Crippen molar-refractivity contribution in [1.29, 1.82) is 0 Å². The largest absolute Gasteiger partial charge is 0.335 e. The maximum Gasteiger partial charge on any atom is 0.233 e. The molecular formula is C10H12BrNOS. The first-order chi connectivity index (χ1) is 6.83. The summed E-state index contributed by atoms with van der Waals surface area (Å²) in [5.41, 5.74) is 1.29. The number of thiophene rings is 1. The molecule has 0 aromatic carbocycles. The third-order valence-corrected chi connectivity index (χ3v) is 3.80.